The number of anilines is 2. The lowest BCUT2D eigenvalue weighted by molar-refractivity contribution is 0.0586. The highest BCUT2D eigenvalue weighted by Crippen LogP contribution is 2.37. The van der Waals surface area contributed by atoms with E-state index in [4.69, 9.17) is 16.3 Å². The standard InChI is InChI=1S/C25H35ClN6O4S/c1-25(7-10-30(11-8-25)24(33)32-9-6-23(27-32)28-37(3,34)35)29(2)13-18-4-5-21(26)12-22(18)31-14-19-16-36-17-20(19)15-31/h4-6,9,12,19-20H,7-8,10-11,13-17H2,1-3H3,(H,27,28). The minimum atomic E-state index is -3.45. The summed E-state index contributed by atoms with van der Waals surface area (Å²) in [6.07, 6.45) is 4.17. The zero-order valence-corrected chi connectivity index (χ0v) is 23.1. The number of halogens is 1. The minimum Gasteiger partial charge on any atom is -0.381 e. The average molecular weight is 551 g/mol. The van der Waals surface area contributed by atoms with Gasteiger partial charge < -0.3 is 14.5 Å². The third-order valence-electron chi connectivity index (χ3n) is 8.14. The van der Waals surface area contributed by atoms with Crippen LogP contribution in [0.3, 0.4) is 0 Å². The van der Waals surface area contributed by atoms with Gasteiger partial charge in [0.05, 0.1) is 19.5 Å². The van der Waals surface area contributed by atoms with Gasteiger partial charge in [-0.05, 0) is 44.5 Å². The number of carbonyl (C=O) groups excluding carboxylic acids is 1. The van der Waals surface area contributed by atoms with Gasteiger partial charge >= 0.3 is 6.03 Å². The number of fused-ring (bicyclic) bond motifs is 1. The minimum absolute atomic E-state index is 0.0732. The maximum atomic E-state index is 13.0. The molecule has 0 radical (unpaired) electrons. The Morgan fingerprint density at radius 2 is 1.89 bits per heavy atom. The highest BCUT2D eigenvalue weighted by molar-refractivity contribution is 7.92. The number of aromatic nitrogens is 2. The van der Waals surface area contributed by atoms with Crippen molar-refractivity contribution < 1.29 is 17.9 Å². The molecule has 3 saturated heterocycles. The molecule has 202 valence electrons. The number of carbonyl (C=O) groups is 1. The van der Waals surface area contributed by atoms with Crippen molar-refractivity contribution in [1.29, 1.82) is 0 Å². The van der Waals surface area contributed by atoms with E-state index in [1.807, 2.05) is 6.07 Å². The van der Waals surface area contributed by atoms with Gasteiger partial charge in [-0.15, -0.1) is 5.10 Å². The van der Waals surface area contributed by atoms with E-state index in [1.54, 1.807) is 4.90 Å². The molecule has 2 unspecified atom stereocenters. The lowest BCUT2D eigenvalue weighted by Gasteiger charge is -2.45. The molecule has 1 aromatic heterocycles. The summed E-state index contributed by atoms with van der Waals surface area (Å²) in [5.41, 5.74) is 2.40. The molecule has 2 aromatic rings. The molecule has 10 nitrogen and oxygen atoms in total. The predicted molar refractivity (Wildman–Crippen MR) is 144 cm³/mol. The molecule has 37 heavy (non-hydrogen) atoms. The molecule has 0 spiro atoms. The van der Waals surface area contributed by atoms with E-state index in [9.17, 15) is 13.2 Å². The van der Waals surface area contributed by atoms with Gasteiger partial charge in [0, 0.05) is 73.1 Å². The molecule has 5 rings (SSSR count). The first-order valence-electron chi connectivity index (χ1n) is 12.7. The first-order valence-corrected chi connectivity index (χ1v) is 14.9. The van der Waals surface area contributed by atoms with Gasteiger partial charge in [-0.1, -0.05) is 17.7 Å². The van der Waals surface area contributed by atoms with Crippen molar-refractivity contribution in [1.82, 2.24) is 19.6 Å². The topological polar surface area (TPSA) is 100 Å². The van der Waals surface area contributed by atoms with Crippen LogP contribution in [0.5, 0.6) is 0 Å². The van der Waals surface area contributed by atoms with E-state index in [-0.39, 0.29) is 17.4 Å². The van der Waals surface area contributed by atoms with Gasteiger partial charge in [-0.25, -0.2) is 13.2 Å². The molecule has 4 heterocycles. The Hall–Kier alpha value is -2.34. The first-order chi connectivity index (χ1) is 17.5. The molecule has 0 aliphatic carbocycles. The average Bonchev–Trinajstić information content (AvgIpc) is 3.56. The second-order valence-electron chi connectivity index (χ2n) is 10.9. The van der Waals surface area contributed by atoms with Crippen molar-refractivity contribution in [3.63, 3.8) is 0 Å². The summed E-state index contributed by atoms with van der Waals surface area (Å²) in [6.45, 7) is 7.93. The van der Waals surface area contributed by atoms with Crippen LogP contribution in [0.1, 0.15) is 25.3 Å². The zero-order valence-electron chi connectivity index (χ0n) is 21.6. The van der Waals surface area contributed by atoms with E-state index < -0.39 is 10.0 Å². The van der Waals surface area contributed by atoms with Gasteiger partial charge in [-0.2, -0.15) is 4.68 Å². The maximum Gasteiger partial charge on any atom is 0.344 e. The SMILES string of the molecule is CN(Cc1ccc(Cl)cc1N1CC2COCC2C1)C1(C)CCN(C(=O)n2ccc(NS(C)(=O)=O)n2)CC1. The van der Waals surface area contributed by atoms with E-state index in [1.165, 1.54) is 28.2 Å². The summed E-state index contributed by atoms with van der Waals surface area (Å²) < 4.78 is 32.0. The molecule has 1 amide bonds. The van der Waals surface area contributed by atoms with Gasteiger partial charge in [0.15, 0.2) is 5.82 Å². The molecule has 3 aliphatic heterocycles. The molecular formula is C25H35ClN6O4S. The van der Waals surface area contributed by atoms with Crippen LogP contribution < -0.4 is 9.62 Å². The number of piperidine rings is 1. The molecule has 1 aromatic carbocycles. The van der Waals surface area contributed by atoms with Crippen LogP contribution in [0, 0.1) is 11.8 Å². The van der Waals surface area contributed by atoms with Crippen molar-refractivity contribution >= 4 is 39.2 Å². The predicted octanol–water partition coefficient (Wildman–Crippen LogP) is 2.95. The van der Waals surface area contributed by atoms with Crippen LogP contribution >= 0.6 is 11.6 Å². The Labute approximate surface area is 223 Å². The van der Waals surface area contributed by atoms with Gasteiger partial charge in [0.25, 0.3) is 0 Å². The maximum absolute atomic E-state index is 13.0. The summed E-state index contributed by atoms with van der Waals surface area (Å²) in [7, 11) is -1.30. The summed E-state index contributed by atoms with van der Waals surface area (Å²) >= 11 is 6.41. The van der Waals surface area contributed by atoms with Crippen LogP contribution in [0.4, 0.5) is 16.3 Å². The summed E-state index contributed by atoms with van der Waals surface area (Å²) in [5.74, 6) is 1.32. The second kappa shape index (κ2) is 10.1. The summed E-state index contributed by atoms with van der Waals surface area (Å²) in [5, 5.41) is 4.83. The molecule has 0 saturated carbocycles. The molecule has 3 aliphatic rings. The van der Waals surface area contributed by atoms with Crippen LogP contribution in [-0.4, -0.2) is 92.3 Å². The smallest absolute Gasteiger partial charge is 0.344 e. The number of ether oxygens (including phenoxy) is 1. The van der Waals surface area contributed by atoms with E-state index in [0.717, 1.165) is 57.0 Å². The number of benzene rings is 1. The molecule has 0 bridgehead atoms. The fourth-order valence-electron chi connectivity index (χ4n) is 5.68. The molecule has 3 fully saturated rings. The number of amides is 1. The highest BCUT2D eigenvalue weighted by Gasteiger charge is 2.39. The fourth-order valence-corrected chi connectivity index (χ4v) is 6.33. The number of likely N-dealkylation sites (tertiary alicyclic amines) is 1. The van der Waals surface area contributed by atoms with Crippen molar-refractivity contribution in [2.24, 2.45) is 11.8 Å². The first kappa shape index (κ1) is 26.3. The number of nitrogens with one attached hydrogen (secondary N) is 1. The van der Waals surface area contributed by atoms with Crippen molar-refractivity contribution in [3.05, 3.63) is 41.0 Å². The van der Waals surface area contributed by atoms with E-state index >= 15 is 0 Å². The third-order valence-corrected chi connectivity index (χ3v) is 8.96. The Morgan fingerprint density at radius 1 is 1.22 bits per heavy atom. The normalized spacial score (nSPS) is 23.5. The van der Waals surface area contributed by atoms with E-state index in [0.29, 0.717) is 24.9 Å². The van der Waals surface area contributed by atoms with Crippen LogP contribution in [0.25, 0.3) is 0 Å². The van der Waals surface area contributed by atoms with Crippen LogP contribution in [-0.2, 0) is 21.3 Å². The molecule has 2 atom stereocenters. The second-order valence-corrected chi connectivity index (χ2v) is 13.1. The number of rotatable bonds is 6. The molecular weight excluding hydrogens is 516 g/mol. The number of hydrogen-bond donors (Lipinski definition) is 1. The Bertz CT molecular complexity index is 1250. The third kappa shape index (κ3) is 5.74. The molecule has 1 N–H and O–H groups in total. The quantitative estimate of drug-likeness (QED) is 0.590. The summed E-state index contributed by atoms with van der Waals surface area (Å²) in [4.78, 5) is 19.6. The highest BCUT2D eigenvalue weighted by atomic mass is 35.5. The Morgan fingerprint density at radius 3 is 2.54 bits per heavy atom. The lowest BCUT2D eigenvalue weighted by atomic mass is 9.87. The van der Waals surface area contributed by atoms with Gasteiger partial charge in [-0.3, -0.25) is 9.62 Å². The summed E-state index contributed by atoms with van der Waals surface area (Å²) in [6, 6.07) is 7.42. The monoisotopic (exact) mass is 550 g/mol. The lowest BCUT2D eigenvalue weighted by Crippen LogP contribution is -2.53. The Kier molecular flexibility index (Phi) is 7.16. The van der Waals surface area contributed by atoms with Crippen molar-refractivity contribution in [2.75, 3.05) is 62.3 Å². The fraction of sp³-hybridized carbons (Fsp3) is 0.600. The Balaban J connectivity index is 1.22. The van der Waals surface area contributed by atoms with Crippen LogP contribution in [0.2, 0.25) is 5.02 Å². The van der Waals surface area contributed by atoms with Crippen molar-refractivity contribution in [3.8, 4) is 0 Å². The van der Waals surface area contributed by atoms with E-state index in [2.05, 4.69) is 45.7 Å². The van der Waals surface area contributed by atoms with Crippen molar-refractivity contribution in [2.45, 2.75) is 31.8 Å². The van der Waals surface area contributed by atoms with Gasteiger partial charge in [0.2, 0.25) is 10.0 Å². The van der Waals surface area contributed by atoms with Gasteiger partial charge in [0.1, 0.15) is 0 Å². The number of hydrogen-bond acceptors (Lipinski definition) is 7. The molecule has 12 heteroatoms. The number of nitrogens with zero attached hydrogens (tertiary/aromatic N) is 5. The van der Waals surface area contributed by atoms with Crippen LogP contribution in [0.15, 0.2) is 30.5 Å². The largest absolute Gasteiger partial charge is 0.381 e. The zero-order chi connectivity index (χ0) is 26.4. The number of sulfonamides is 1.